The smallest absolute Gasteiger partial charge is 0.184 e. The largest absolute Gasteiger partial charge is 0.385 e. The van der Waals surface area contributed by atoms with E-state index in [1.807, 2.05) is 30.3 Å². The van der Waals surface area contributed by atoms with Crippen molar-refractivity contribution in [3.8, 4) is 0 Å². The van der Waals surface area contributed by atoms with Crippen LogP contribution in [0.3, 0.4) is 0 Å². The molecule has 1 aromatic carbocycles. The third-order valence-corrected chi connectivity index (χ3v) is 3.15. The lowest BCUT2D eigenvalue weighted by molar-refractivity contribution is -0.122. The summed E-state index contributed by atoms with van der Waals surface area (Å²) in [5, 5.41) is 9.75. The van der Waals surface area contributed by atoms with Gasteiger partial charge < -0.3 is 5.11 Å². The van der Waals surface area contributed by atoms with Gasteiger partial charge in [0.2, 0.25) is 0 Å². The maximum Gasteiger partial charge on any atom is 0.184 e. The number of ketones is 1. The highest BCUT2D eigenvalue weighted by atomic mass is 16.3. The summed E-state index contributed by atoms with van der Waals surface area (Å²) < 4.78 is 0. The minimum atomic E-state index is -0.846. The molecule has 0 aromatic heterocycles. The van der Waals surface area contributed by atoms with Crippen molar-refractivity contribution in [1.82, 2.24) is 0 Å². The summed E-state index contributed by atoms with van der Waals surface area (Å²) in [6.45, 7) is 2.17. The molecule has 0 aliphatic rings. The van der Waals surface area contributed by atoms with Gasteiger partial charge in [-0.25, -0.2) is 0 Å². The number of benzene rings is 1. The zero-order chi connectivity index (χ0) is 13.9. The van der Waals surface area contributed by atoms with Gasteiger partial charge in [0.15, 0.2) is 5.78 Å². The standard InChI is InChI=1S/C17H24O2/c1-2-3-4-5-9-12-16(18)17(19)14-13-15-10-7-6-8-11-15/h6-8,10-11,13-14,16,18H,2-5,9,12H2,1H3/b14-13+. The topological polar surface area (TPSA) is 37.3 Å². The fourth-order valence-electron chi connectivity index (χ4n) is 1.94. The van der Waals surface area contributed by atoms with E-state index in [-0.39, 0.29) is 5.78 Å². The number of hydrogen-bond acceptors (Lipinski definition) is 2. The zero-order valence-corrected chi connectivity index (χ0v) is 11.7. The highest BCUT2D eigenvalue weighted by molar-refractivity contribution is 5.96. The second-order valence-corrected chi connectivity index (χ2v) is 4.87. The Hall–Kier alpha value is -1.41. The lowest BCUT2D eigenvalue weighted by Gasteiger charge is -2.06. The van der Waals surface area contributed by atoms with Gasteiger partial charge in [0.1, 0.15) is 6.10 Å². The van der Waals surface area contributed by atoms with Crippen molar-refractivity contribution in [2.45, 2.75) is 51.6 Å². The van der Waals surface area contributed by atoms with Gasteiger partial charge in [-0.3, -0.25) is 4.79 Å². The fourth-order valence-corrected chi connectivity index (χ4v) is 1.94. The molecule has 1 unspecified atom stereocenters. The van der Waals surface area contributed by atoms with Crippen molar-refractivity contribution in [3.05, 3.63) is 42.0 Å². The Morgan fingerprint density at radius 1 is 1.16 bits per heavy atom. The van der Waals surface area contributed by atoms with Crippen molar-refractivity contribution < 1.29 is 9.90 Å². The van der Waals surface area contributed by atoms with Gasteiger partial charge in [-0.1, -0.05) is 75.4 Å². The fraction of sp³-hybridized carbons (Fsp3) is 0.471. The first-order valence-corrected chi connectivity index (χ1v) is 7.19. The van der Waals surface area contributed by atoms with E-state index in [4.69, 9.17) is 0 Å². The summed E-state index contributed by atoms with van der Waals surface area (Å²) in [5.74, 6) is -0.195. The number of carbonyl (C=O) groups is 1. The predicted molar refractivity (Wildman–Crippen MR) is 79.9 cm³/mol. The van der Waals surface area contributed by atoms with E-state index < -0.39 is 6.10 Å². The van der Waals surface area contributed by atoms with Gasteiger partial charge in [0.05, 0.1) is 0 Å². The maximum atomic E-state index is 11.7. The average molecular weight is 260 g/mol. The summed E-state index contributed by atoms with van der Waals surface area (Å²) in [5.41, 5.74) is 0.978. The molecule has 1 atom stereocenters. The molecule has 19 heavy (non-hydrogen) atoms. The first-order chi connectivity index (χ1) is 9.24. The molecule has 0 bridgehead atoms. The summed E-state index contributed by atoms with van der Waals surface area (Å²) >= 11 is 0. The van der Waals surface area contributed by atoms with Gasteiger partial charge in [-0.15, -0.1) is 0 Å². The van der Waals surface area contributed by atoms with Crippen LogP contribution in [0.25, 0.3) is 6.08 Å². The first-order valence-electron chi connectivity index (χ1n) is 7.19. The summed E-state index contributed by atoms with van der Waals surface area (Å²) in [6, 6.07) is 9.65. The van der Waals surface area contributed by atoms with Crippen LogP contribution in [0.15, 0.2) is 36.4 Å². The lowest BCUT2D eigenvalue weighted by Crippen LogP contribution is -2.17. The van der Waals surface area contributed by atoms with Crippen molar-refractivity contribution in [2.75, 3.05) is 0 Å². The number of hydrogen-bond donors (Lipinski definition) is 1. The molecule has 0 heterocycles. The van der Waals surface area contributed by atoms with Gasteiger partial charge in [-0.2, -0.15) is 0 Å². The Morgan fingerprint density at radius 3 is 2.53 bits per heavy atom. The molecule has 1 rings (SSSR count). The van der Waals surface area contributed by atoms with E-state index >= 15 is 0 Å². The normalized spacial score (nSPS) is 12.7. The summed E-state index contributed by atoms with van der Waals surface area (Å²) in [4.78, 5) is 11.7. The molecule has 1 aromatic rings. The number of rotatable bonds is 9. The molecule has 0 saturated heterocycles. The Labute approximate surface area is 116 Å². The van der Waals surface area contributed by atoms with Crippen molar-refractivity contribution in [2.24, 2.45) is 0 Å². The maximum absolute atomic E-state index is 11.7. The highest BCUT2D eigenvalue weighted by Crippen LogP contribution is 2.09. The van der Waals surface area contributed by atoms with Crippen LogP contribution in [0.1, 0.15) is 51.0 Å². The van der Waals surface area contributed by atoms with Crippen LogP contribution in [0.2, 0.25) is 0 Å². The van der Waals surface area contributed by atoms with E-state index in [0.29, 0.717) is 6.42 Å². The third-order valence-electron chi connectivity index (χ3n) is 3.15. The average Bonchev–Trinajstić information content (AvgIpc) is 2.45. The van der Waals surface area contributed by atoms with Crippen LogP contribution < -0.4 is 0 Å². The molecule has 1 N–H and O–H groups in total. The van der Waals surface area contributed by atoms with Gasteiger partial charge in [-0.05, 0) is 18.1 Å². The van der Waals surface area contributed by atoms with Crippen molar-refractivity contribution in [3.63, 3.8) is 0 Å². The SMILES string of the molecule is CCCCCCCC(O)C(=O)/C=C/c1ccccc1. The monoisotopic (exact) mass is 260 g/mol. The van der Waals surface area contributed by atoms with Crippen LogP contribution in [0, 0.1) is 0 Å². The zero-order valence-electron chi connectivity index (χ0n) is 11.7. The minimum Gasteiger partial charge on any atom is -0.385 e. The number of aliphatic hydroxyl groups excluding tert-OH is 1. The van der Waals surface area contributed by atoms with Crippen molar-refractivity contribution in [1.29, 1.82) is 0 Å². The van der Waals surface area contributed by atoms with Gasteiger partial charge >= 0.3 is 0 Å². The molecule has 0 aliphatic heterocycles. The Bertz CT molecular complexity index is 382. The number of unbranched alkanes of at least 4 members (excludes halogenated alkanes) is 4. The Morgan fingerprint density at radius 2 is 1.84 bits per heavy atom. The molecular weight excluding hydrogens is 236 g/mol. The molecule has 2 heteroatoms. The molecule has 0 aliphatic carbocycles. The van der Waals surface area contributed by atoms with E-state index in [9.17, 15) is 9.90 Å². The predicted octanol–water partition coefficient (Wildman–Crippen LogP) is 3.99. The lowest BCUT2D eigenvalue weighted by atomic mass is 10.0. The van der Waals surface area contributed by atoms with E-state index in [2.05, 4.69) is 6.92 Å². The first kappa shape index (κ1) is 15.6. The number of carbonyl (C=O) groups excluding carboxylic acids is 1. The van der Waals surface area contributed by atoms with Crippen LogP contribution in [0.5, 0.6) is 0 Å². The second-order valence-electron chi connectivity index (χ2n) is 4.87. The minimum absolute atomic E-state index is 0.195. The Kier molecular flexibility index (Phi) is 7.83. The second kappa shape index (κ2) is 9.51. The molecule has 0 radical (unpaired) electrons. The molecule has 2 nitrogen and oxygen atoms in total. The van der Waals surface area contributed by atoms with Crippen LogP contribution in [-0.4, -0.2) is 17.0 Å². The highest BCUT2D eigenvalue weighted by Gasteiger charge is 2.10. The molecule has 104 valence electrons. The number of aliphatic hydroxyl groups is 1. The van der Waals surface area contributed by atoms with E-state index in [0.717, 1.165) is 18.4 Å². The van der Waals surface area contributed by atoms with Gasteiger partial charge in [0, 0.05) is 0 Å². The summed E-state index contributed by atoms with van der Waals surface area (Å²) in [7, 11) is 0. The molecular formula is C17H24O2. The van der Waals surface area contributed by atoms with Crippen LogP contribution in [0.4, 0.5) is 0 Å². The molecule has 0 saturated carbocycles. The van der Waals surface area contributed by atoms with E-state index in [1.165, 1.54) is 25.3 Å². The molecule has 0 amide bonds. The van der Waals surface area contributed by atoms with Crippen LogP contribution in [-0.2, 0) is 4.79 Å². The molecule has 0 fully saturated rings. The van der Waals surface area contributed by atoms with Crippen molar-refractivity contribution >= 4 is 11.9 Å². The quantitative estimate of drug-likeness (QED) is 0.538. The Balaban J connectivity index is 2.27. The van der Waals surface area contributed by atoms with Crippen LogP contribution >= 0.6 is 0 Å². The third kappa shape index (κ3) is 6.92. The molecule has 0 spiro atoms. The van der Waals surface area contributed by atoms with E-state index in [1.54, 1.807) is 6.08 Å². The summed E-state index contributed by atoms with van der Waals surface area (Å²) in [6.07, 6.45) is 8.61. The van der Waals surface area contributed by atoms with Gasteiger partial charge in [0.25, 0.3) is 0 Å².